The van der Waals surface area contributed by atoms with Gasteiger partial charge in [0.1, 0.15) is 18.4 Å². The van der Waals surface area contributed by atoms with Crippen LogP contribution < -0.4 is 0 Å². The highest BCUT2D eigenvalue weighted by molar-refractivity contribution is 5.20. The average Bonchev–Trinajstić information content (AvgIpc) is 3.04. The molecule has 1 atom stereocenters. The third-order valence-electron chi connectivity index (χ3n) is 4.08. The molecule has 1 fully saturated rings. The molecule has 0 amide bonds. The maximum Gasteiger partial charge on any atom is 0.138 e. The predicted octanol–water partition coefficient (Wildman–Crippen LogP) is 1.80. The lowest BCUT2D eigenvalue weighted by Crippen LogP contribution is -2.36. The Hall–Kier alpha value is -1.69. The van der Waals surface area contributed by atoms with Crippen molar-refractivity contribution in [2.24, 2.45) is 5.92 Å². The van der Waals surface area contributed by atoms with Gasteiger partial charge >= 0.3 is 0 Å². The van der Waals surface area contributed by atoms with Crippen molar-refractivity contribution >= 4 is 0 Å². The first-order chi connectivity index (χ1) is 9.72. The molecule has 2 aromatic rings. The SMILES string of the molecule is Cc1noc(C)c1CN1CCC[C@@H](Cn2cncn2)C1. The minimum Gasteiger partial charge on any atom is -0.361 e. The van der Waals surface area contributed by atoms with Gasteiger partial charge in [0.05, 0.1) is 5.69 Å². The summed E-state index contributed by atoms with van der Waals surface area (Å²) in [5.41, 5.74) is 2.26. The molecular formula is C14H21N5O. The van der Waals surface area contributed by atoms with E-state index >= 15 is 0 Å². The van der Waals surface area contributed by atoms with Crippen molar-refractivity contribution in [3.63, 3.8) is 0 Å². The highest BCUT2D eigenvalue weighted by Crippen LogP contribution is 2.22. The summed E-state index contributed by atoms with van der Waals surface area (Å²) in [6.07, 6.45) is 5.90. The normalized spacial score (nSPS) is 20.4. The fourth-order valence-electron chi connectivity index (χ4n) is 2.99. The van der Waals surface area contributed by atoms with Crippen LogP contribution in [0.5, 0.6) is 0 Å². The Morgan fingerprint density at radius 1 is 1.40 bits per heavy atom. The number of nitrogens with zero attached hydrogens (tertiary/aromatic N) is 5. The molecule has 108 valence electrons. The monoisotopic (exact) mass is 275 g/mol. The molecule has 0 bridgehead atoms. The second-order valence-corrected chi connectivity index (χ2v) is 5.66. The summed E-state index contributed by atoms with van der Waals surface area (Å²) >= 11 is 0. The van der Waals surface area contributed by atoms with E-state index in [2.05, 4.69) is 20.1 Å². The van der Waals surface area contributed by atoms with E-state index in [1.54, 1.807) is 12.7 Å². The molecule has 2 aromatic heterocycles. The molecule has 0 N–H and O–H groups in total. The lowest BCUT2D eigenvalue weighted by molar-refractivity contribution is 0.152. The van der Waals surface area contributed by atoms with Gasteiger partial charge in [0.2, 0.25) is 0 Å². The summed E-state index contributed by atoms with van der Waals surface area (Å²) in [6.45, 7) is 8.16. The molecule has 20 heavy (non-hydrogen) atoms. The number of hydrogen-bond donors (Lipinski definition) is 0. The fourth-order valence-corrected chi connectivity index (χ4v) is 2.99. The number of rotatable bonds is 4. The van der Waals surface area contributed by atoms with Gasteiger partial charge in [0.25, 0.3) is 0 Å². The molecule has 0 aliphatic carbocycles. The summed E-state index contributed by atoms with van der Waals surface area (Å²) < 4.78 is 7.18. The molecule has 1 saturated heterocycles. The zero-order valence-corrected chi connectivity index (χ0v) is 12.1. The molecular weight excluding hydrogens is 254 g/mol. The molecule has 0 unspecified atom stereocenters. The lowest BCUT2D eigenvalue weighted by atomic mass is 9.97. The van der Waals surface area contributed by atoms with Gasteiger partial charge in [-0.2, -0.15) is 5.10 Å². The maximum atomic E-state index is 5.25. The molecule has 0 saturated carbocycles. The van der Waals surface area contributed by atoms with E-state index in [0.29, 0.717) is 5.92 Å². The first kappa shape index (κ1) is 13.3. The van der Waals surface area contributed by atoms with Gasteiger partial charge in [-0.1, -0.05) is 5.16 Å². The van der Waals surface area contributed by atoms with E-state index in [1.807, 2.05) is 18.5 Å². The minimum atomic E-state index is 0.644. The molecule has 3 heterocycles. The topological polar surface area (TPSA) is 60.0 Å². The highest BCUT2D eigenvalue weighted by atomic mass is 16.5. The number of piperidine rings is 1. The summed E-state index contributed by atoms with van der Waals surface area (Å²) in [5, 5.41) is 8.24. The first-order valence-electron chi connectivity index (χ1n) is 7.19. The summed E-state index contributed by atoms with van der Waals surface area (Å²) in [5.74, 6) is 1.59. The van der Waals surface area contributed by atoms with Crippen molar-refractivity contribution in [1.29, 1.82) is 0 Å². The first-order valence-corrected chi connectivity index (χ1v) is 7.19. The highest BCUT2D eigenvalue weighted by Gasteiger charge is 2.22. The van der Waals surface area contributed by atoms with Gasteiger partial charge in [0, 0.05) is 25.2 Å². The molecule has 0 aromatic carbocycles. The van der Waals surface area contributed by atoms with Gasteiger partial charge in [-0.3, -0.25) is 9.58 Å². The Morgan fingerprint density at radius 3 is 3.00 bits per heavy atom. The summed E-state index contributed by atoms with van der Waals surface area (Å²) in [4.78, 5) is 6.51. The molecule has 6 heteroatoms. The molecule has 3 rings (SSSR count). The van der Waals surface area contributed by atoms with Crippen molar-refractivity contribution in [2.45, 2.75) is 39.8 Å². The Bertz CT molecular complexity index is 528. The van der Waals surface area contributed by atoms with E-state index in [9.17, 15) is 0 Å². The van der Waals surface area contributed by atoms with Crippen LogP contribution in [0.4, 0.5) is 0 Å². The second-order valence-electron chi connectivity index (χ2n) is 5.66. The van der Waals surface area contributed by atoms with Crippen molar-refractivity contribution in [1.82, 2.24) is 24.8 Å². The number of aryl methyl sites for hydroxylation is 2. The Morgan fingerprint density at radius 2 is 2.30 bits per heavy atom. The second kappa shape index (κ2) is 5.75. The largest absolute Gasteiger partial charge is 0.361 e. The van der Waals surface area contributed by atoms with E-state index in [0.717, 1.165) is 37.6 Å². The quantitative estimate of drug-likeness (QED) is 0.851. The predicted molar refractivity (Wildman–Crippen MR) is 74.0 cm³/mol. The summed E-state index contributed by atoms with van der Waals surface area (Å²) in [6, 6.07) is 0. The standard InChI is InChI=1S/C14H21N5O/c1-11-14(12(2)20-17-11)8-18-5-3-4-13(6-18)7-19-10-15-9-16-19/h9-10,13H,3-8H2,1-2H3/t13-/m1/s1. The van der Waals surface area contributed by atoms with E-state index in [4.69, 9.17) is 4.52 Å². The molecule has 1 aliphatic rings. The summed E-state index contributed by atoms with van der Waals surface area (Å²) in [7, 11) is 0. The zero-order chi connectivity index (χ0) is 13.9. The van der Waals surface area contributed by atoms with Gasteiger partial charge in [-0.15, -0.1) is 0 Å². The van der Waals surface area contributed by atoms with E-state index in [-0.39, 0.29) is 0 Å². The van der Waals surface area contributed by atoms with Crippen LogP contribution in [0.3, 0.4) is 0 Å². The van der Waals surface area contributed by atoms with Gasteiger partial charge in [0.15, 0.2) is 0 Å². The van der Waals surface area contributed by atoms with Gasteiger partial charge in [-0.05, 0) is 39.2 Å². The van der Waals surface area contributed by atoms with Crippen LogP contribution in [0.15, 0.2) is 17.2 Å². The van der Waals surface area contributed by atoms with Crippen molar-refractivity contribution in [2.75, 3.05) is 13.1 Å². The van der Waals surface area contributed by atoms with Gasteiger partial charge < -0.3 is 4.52 Å². The average molecular weight is 275 g/mol. The third-order valence-corrected chi connectivity index (χ3v) is 4.08. The Labute approximate surface area is 118 Å². The number of likely N-dealkylation sites (tertiary alicyclic amines) is 1. The minimum absolute atomic E-state index is 0.644. The lowest BCUT2D eigenvalue weighted by Gasteiger charge is -2.32. The fraction of sp³-hybridized carbons (Fsp3) is 0.643. The Balaban J connectivity index is 1.60. The molecule has 1 aliphatic heterocycles. The van der Waals surface area contributed by atoms with Crippen molar-refractivity contribution in [3.05, 3.63) is 29.7 Å². The van der Waals surface area contributed by atoms with Crippen LogP contribution in [-0.4, -0.2) is 37.9 Å². The molecule has 0 radical (unpaired) electrons. The molecule has 6 nitrogen and oxygen atoms in total. The van der Waals surface area contributed by atoms with Crippen molar-refractivity contribution in [3.8, 4) is 0 Å². The van der Waals surface area contributed by atoms with Crippen LogP contribution >= 0.6 is 0 Å². The smallest absolute Gasteiger partial charge is 0.138 e. The Kier molecular flexibility index (Phi) is 3.82. The van der Waals surface area contributed by atoms with Crippen LogP contribution in [0.25, 0.3) is 0 Å². The van der Waals surface area contributed by atoms with E-state index in [1.165, 1.54) is 18.4 Å². The van der Waals surface area contributed by atoms with Crippen LogP contribution in [0.1, 0.15) is 29.9 Å². The zero-order valence-electron chi connectivity index (χ0n) is 12.1. The van der Waals surface area contributed by atoms with Crippen LogP contribution in [-0.2, 0) is 13.1 Å². The van der Waals surface area contributed by atoms with E-state index < -0.39 is 0 Å². The number of aromatic nitrogens is 4. The molecule has 0 spiro atoms. The van der Waals surface area contributed by atoms with Crippen molar-refractivity contribution < 1.29 is 4.52 Å². The number of hydrogen-bond acceptors (Lipinski definition) is 5. The van der Waals surface area contributed by atoms with Gasteiger partial charge in [-0.25, -0.2) is 4.98 Å². The third kappa shape index (κ3) is 2.90. The van der Waals surface area contributed by atoms with Crippen LogP contribution in [0, 0.1) is 19.8 Å². The van der Waals surface area contributed by atoms with Crippen LogP contribution in [0.2, 0.25) is 0 Å². The maximum absolute atomic E-state index is 5.25.